The van der Waals surface area contributed by atoms with E-state index >= 15 is 0 Å². The number of allylic oxidation sites excluding steroid dienone is 1. The number of nitrogens with zero attached hydrogens (tertiary/aromatic N) is 1. The smallest absolute Gasteiger partial charge is 0.190 e. The Bertz CT molecular complexity index is 614. The highest BCUT2D eigenvalue weighted by Crippen LogP contribution is 2.50. The molecule has 0 heterocycles. The Morgan fingerprint density at radius 3 is 2.65 bits per heavy atom. The number of quaternary nitrogens is 1. The van der Waals surface area contributed by atoms with Crippen LogP contribution in [0.15, 0.2) is 42.0 Å². The van der Waals surface area contributed by atoms with Gasteiger partial charge in [0.25, 0.3) is 0 Å². The summed E-state index contributed by atoms with van der Waals surface area (Å²) in [6.07, 6.45) is 5.82. The number of fused-ring (bicyclic) bond motifs is 1. The third kappa shape index (κ3) is 4.00. The Morgan fingerprint density at radius 1 is 1.43 bits per heavy atom. The molecule has 1 saturated carbocycles. The molecule has 2 aliphatic rings. The van der Waals surface area contributed by atoms with Gasteiger partial charge in [0.05, 0.1) is 0 Å². The van der Waals surface area contributed by atoms with Crippen molar-refractivity contribution in [2.45, 2.75) is 45.2 Å². The van der Waals surface area contributed by atoms with Crippen LogP contribution >= 0.6 is 0 Å². The first kappa shape index (κ1) is 17.2. The maximum Gasteiger partial charge on any atom is 0.190 e. The van der Waals surface area contributed by atoms with E-state index < -0.39 is 5.97 Å². The number of carboxylic acids is 1. The van der Waals surface area contributed by atoms with Crippen LogP contribution in [0.25, 0.3) is 0 Å². The maximum absolute atomic E-state index is 9.61. The van der Waals surface area contributed by atoms with Crippen molar-refractivity contribution in [3.8, 4) is 6.07 Å². The molecule has 2 N–H and O–H groups in total. The highest BCUT2D eigenvalue weighted by molar-refractivity contribution is 5.60. The molecule has 0 bridgehead atoms. The molecule has 4 heteroatoms. The van der Waals surface area contributed by atoms with Gasteiger partial charge in [0.15, 0.2) is 5.54 Å². The summed E-state index contributed by atoms with van der Waals surface area (Å²) in [5.74, 6) is 0.137. The summed E-state index contributed by atoms with van der Waals surface area (Å²) in [5.41, 5.74) is 2.66. The molecule has 2 aliphatic carbocycles. The molecule has 0 aromatic heterocycles. The largest absolute Gasteiger partial charge is 0.550 e. The average Bonchev–Trinajstić information content (AvgIpc) is 2.87. The Kier molecular flexibility index (Phi) is 5.57. The van der Waals surface area contributed by atoms with Crippen molar-refractivity contribution in [1.82, 2.24) is 0 Å². The van der Waals surface area contributed by atoms with Crippen LogP contribution in [0.2, 0.25) is 0 Å². The lowest BCUT2D eigenvalue weighted by Crippen LogP contribution is -3.00. The molecule has 3 rings (SSSR count). The predicted molar refractivity (Wildman–Crippen MR) is 85.7 cm³/mol. The predicted octanol–water partition coefficient (Wildman–Crippen LogP) is 1.14. The molecular formula is C19H24N2O2. The third-order valence-corrected chi connectivity index (χ3v) is 4.85. The normalized spacial score (nSPS) is 27.6. The molecule has 0 radical (unpaired) electrons. The molecule has 23 heavy (non-hydrogen) atoms. The van der Waals surface area contributed by atoms with Crippen LogP contribution in [0.3, 0.4) is 0 Å². The first-order valence-electron chi connectivity index (χ1n) is 8.17. The quantitative estimate of drug-likeness (QED) is 0.847. The molecule has 0 amide bonds. The number of aliphatic carboxylic acids is 1. The minimum Gasteiger partial charge on any atom is -0.550 e. The Labute approximate surface area is 137 Å². The molecule has 3 atom stereocenters. The summed E-state index contributed by atoms with van der Waals surface area (Å²) in [6, 6.07) is 13.0. The number of rotatable bonds is 4. The van der Waals surface area contributed by atoms with Crippen LogP contribution in [0.5, 0.6) is 0 Å². The number of hydrogen-bond acceptors (Lipinski definition) is 3. The van der Waals surface area contributed by atoms with E-state index in [2.05, 4.69) is 48.7 Å². The van der Waals surface area contributed by atoms with E-state index in [1.54, 1.807) is 5.57 Å². The van der Waals surface area contributed by atoms with Crippen molar-refractivity contribution >= 4 is 5.97 Å². The minimum absolute atomic E-state index is 0.197. The van der Waals surface area contributed by atoms with Crippen LogP contribution < -0.4 is 10.4 Å². The van der Waals surface area contributed by atoms with Gasteiger partial charge in [0, 0.05) is 23.9 Å². The first-order chi connectivity index (χ1) is 11.0. The standard InChI is InChI=1S/C17H20N2.C2H4O2/c1-2-13-8-15-10-17(12-18,16(15)9-13)19-11-14-6-4-3-5-7-14;1-2(3)4/h3-7,9,15-16,19H,2,8,10-11H2,1H3;1H3,(H,3,4)/t15-,16-,17-;/m1./s1. The van der Waals surface area contributed by atoms with Crippen LogP contribution in [0, 0.1) is 23.2 Å². The monoisotopic (exact) mass is 312 g/mol. The number of benzene rings is 1. The summed E-state index contributed by atoms with van der Waals surface area (Å²) in [5, 5.41) is 20.8. The van der Waals surface area contributed by atoms with E-state index in [-0.39, 0.29) is 5.54 Å². The van der Waals surface area contributed by atoms with Crippen molar-refractivity contribution in [2.75, 3.05) is 0 Å². The fraction of sp³-hybridized carbons (Fsp3) is 0.474. The highest BCUT2D eigenvalue weighted by Gasteiger charge is 2.58. The summed E-state index contributed by atoms with van der Waals surface area (Å²) >= 11 is 0. The average molecular weight is 312 g/mol. The molecule has 1 fully saturated rings. The molecule has 1 aromatic rings. The topological polar surface area (TPSA) is 80.5 Å². The van der Waals surface area contributed by atoms with Gasteiger partial charge in [0.2, 0.25) is 0 Å². The van der Waals surface area contributed by atoms with Crippen molar-refractivity contribution in [3.05, 3.63) is 47.5 Å². The zero-order chi connectivity index (χ0) is 16.9. The van der Waals surface area contributed by atoms with Crippen molar-refractivity contribution < 1.29 is 15.2 Å². The van der Waals surface area contributed by atoms with Crippen LogP contribution in [-0.2, 0) is 11.3 Å². The first-order valence-corrected chi connectivity index (χ1v) is 8.17. The SMILES string of the molecule is CC(=O)[O-].CCC1=C[C@@H]2[C@H](C1)C[C@]2(C#N)[NH2+]Cc1ccccc1. The fourth-order valence-electron chi connectivity index (χ4n) is 3.66. The van der Waals surface area contributed by atoms with Gasteiger partial charge in [-0.2, -0.15) is 5.26 Å². The van der Waals surface area contributed by atoms with Crippen LogP contribution in [0.1, 0.15) is 38.7 Å². The van der Waals surface area contributed by atoms with Crippen molar-refractivity contribution in [1.29, 1.82) is 5.26 Å². The van der Waals surface area contributed by atoms with Crippen LogP contribution in [-0.4, -0.2) is 11.5 Å². The van der Waals surface area contributed by atoms with Gasteiger partial charge < -0.3 is 15.2 Å². The zero-order valence-corrected chi connectivity index (χ0v) is 13.8. The van der Waals surface area contributed by atoms with E-state index in [9.17, 15) is 5.26 Å². The molecule has 0 spiro atoms. The van der Waals surface area contributed by atoms with Crippen molar-refractivity contribution in [2.24, 2.45) is 11.8 Å². The van der Waals surface area contributed by atoms with Gasteiger partial charge in [-0.25, -0.2) is 0 Å². The van der Waals surface area contributed by atoms with E-state index in [0.717, 1.165) is 32.2 Å². The van der Waals surface area contributed by atoms with Crippen molar-refractivity contribution in [3.63, 3.8) is 0 Å². The molecule has 0 unspecified atom stereocenters. The molecular weight excluding hydrogens is 288 g/mol. The number of hydrogen-bond donors (Lipinski definition) is 1. The number of carboxylic acid groups (broad SMARTS) is 1. The van der Waals surface area contributed by atoms with Gasteiger partial charge >= 0.3 is 0 Å². The number of nitriles is 1. The number of carbonyl (C=O) groups excluding carboxylic acids is 1. The Balaban J connectivity index is 0.000000433. The summed E-state index contributed by atoms with van der Waals surface area (Å²) in [6.45, 7) is 4.10. The second-order valence-electron chi connectivity index (χ2n) is 6.41. The lowest BCUT2D eigenvalue weighted by Gasteiger charge is -2.44. The van der Waals surface area contributed by atoms with Gasteiger partial charge in [-0.1, -0.05) is 48.9 Å². The van der Waals surface area contributed by atoms with E-state index in [0.29, 0.717) is 5.92 Å². The zero-order valence-electron chi connectivity index (χ0n) is 13.8. The molecule has 0 saturated heterocycles. The minimum atomic E-state index is -1.08. The highest BCUT2D eigenvalue weighted by atomic mass is 16.4. The molecule has 122 valence electrons. The summed E-state index contributed by atoms with van der Waals surface area (Å²) in [4.78, 5) is 8.89. The second kappa shape index (κ2) is 7.43. The van der Waals surface area contributed by atoms with Gasteiger partial charge in [0.1, 0.15) is 12.6 Å². The third-order valence-electron chi connectivity index (χ3n) is 4.85. The summed E-state index contributed by atoms with van der Waals surface area (Å²) in [7, 11) is 0. The summed E-state index contributed by atoms with van der Waals surface area (Å²) < 4.78 is 0. The molecule has 0 aliphatic heterocycles. The fourth-order valence-corrected chi connectivity index (χ4v) is 3.66. The van der Waals surface area contributed by atoms with Gasteiger partial charge in [-0.15, -0.1) is 0 Å². The lowest BCUT2D eigenvalue weighted by atomic mass is 9.61. The molecule has 1 aromatic carbocycles. The Hall–Kier alpha value is -2.12. The van der Waals surface area contributed by atoms with Gasteiger partial charge in [-0.05, 0) is 25.7 Å². The molecule has 4 nitrogen and oxygen atoms in total. The van der Waals surface area contributed by atoms with E-state index in [4.69, 9.17) is 9.90 Å². The van der Waals surface area contributed by atoms with Gasteiger partial charge in [-0.3, -0.25) is 0 Å². The number of carbonyl (C=O) groups is 1. The maximum atomic E-state index is 9.61. The number of nitrogens with two attached hydrogens (primary N) is 1. The lowest BCUT2D eigenvalue weighted by molar-refractivity contribution is -0.748. The second-order valence-corrected chi connectivity index (χ2v) is 6.41. The van der Waals surface area contributed by atoms with E-state index in [1.807, 2.05) is 6.07 Å². The van der Waals surface area contributed by atoms with Crippen LogP contribution in [0.4, 0.5) is 0 Å². The van der Waals surface area contributed by atoms with E-state index in [1.165, 1.54) is 12.0 Å². The Morgan fingerprint density at radius 2 is 2.09 bits per heavy atom.